The number of benzene rings is 2. The highest BCUT2D eigenvalue weighted by Crippen LogP contribution is 2.25. The Bertz CT molecular complexity index is 876. The number of nitrogens with two attached hydrogens (primary N) is 1. The van der Waals surface area contributed by atoms with E-state index in [1.807, 2.05) is 36.4 Å². The largest absolute Gasteiger partial charge is 0.398 e. The smallest absolute Gasteiger partial charge is 0.113 e. The summed E-state index contributed by atoms with van der Waals surface area (Å²) >= 11 is 6.19. The second-order valence-electron chi connectivity index (χ2n) is 7.08. The fourth-order valence-corrected chi connectivity index (χ4v) is 4.20. The molecule has 2 unspecified atom stereocenters. The number of piperidine rings is 1. The maximum absolute atomic E-state index is 11.5. The molecule has 6 nitrogen and oxygen atoms in total. The molecule has 2 aromatic rings. The monoisotopic (exact) mass is 419 g/mol. The highest BCUT2D eigenvalue weighted by molar-refractivity contribution is 7.85. The molecular weight excluding hydrogens is 394 g/mol. The molecule has 5 N–H and O–H groups in total. The van der Waals surface area contributed by atoms with Crippen LogP contribution in [0.4, 0.5) is 17.1 Å². The van der Waals surface area contributed by atoms with E-state index in [-0.39, 0.29) is 0 Å². The number of likely N-dealkylation sites (tertiary alicyclic amines) is 1. The van der Waals surface area contributed by atoms with Crippen molar-refractivity contribution in [2.75, 3.05) is 35.1 Å². The summed E-state index contributed by atoms with van der Waals surface area (Å²) in [4.78, 5) is 2.41. The van der Waals surface area contributed by atoms with Gasteiger partial charge in [0, 0.05) is 48.5 Å². The third kappa shape index (κ3) is 5.47. The Morgan fingerprint density at radius 1 is 1.36 bits per heavy atom. The molecule has 28 heavy (non-hydrogen) atoms. The molecule has 0 aromatic heterocycles. The molecule has 2 atom stereocenters. The van der Waals surface area contributed by atoms with Gasteiger partial charge in [-0.25, -0.2) is 4.21 Å². The van der Waals surface area contributed by atoms with Crippen LogP contribution in [0.5, 0.6) is 0 Å². The number of anilines is 3. The third-order valence-corrected chi connectivity index (χ3v) is 5.65. The quantitative estimate of drug-likeness (QED) is 0.406. The summed E-state index contributed by atoms with van der Waals surface area (Å²) in [5.74, 6) is 0. The molecule has 1 aliphatic heterocycles. The SMILES string of the molecule is CS(=O)Nc1cc(CN2CCCC(Nc3ccc(N)c(C=N)c3)C2)ccc1Cl. The second-order valence-corrected chi connectivity index (χ2v) is 8.60. The molecular formula is C20H26ClN5OS. The van der Waals surface area contributed by atoms with Crippen molar-refractivity contribution in [1.29, 1.82) is 5.41 Å². The van der Waals surface area contributed by atoms with Gasteiger partial charge in [0.2, 0.25) is 0 Å². The Morgan fingerprint density at radius 3 is 2.93 bits per heavy atom. The van der Waals surface area contributed by atoms with Gasteiger partial charge in [0.1, 0.15) is 11.0 Å². The predicted octanol–water partition coefficient (Wildman–Crippen LogP) is 3.70. The molecule has 0 bridgehead atoms. The highest BCUT2D eigenvalue weighted by atomic mass is 35.5. The summed E-state index contributed by atoms with van der Waals surface area (Å²) in [6, 6.07) is 11.9. The standard InChI is InChI=1S/C20H26ClN5OS/c1-28(27)25-20-9-14(4-6-18(20)21)12-26-8-2-3-17(13-26)24-16-5-7-19(23)15(10-16)11-22/h4-7,9-11,17,22,24-25H,2-3,8,12-13,23H2,1H3. The first kappa shape index (κ1) is 20.6. The molecule has 3 rings (SSSR count). The van der Waals surface area contributed by atoms with E-state index < -0.39 is 11.0 Å². The van der Waals surface area contributed by atoms with Crippen molar-refractivity contribution < 1.29 is 4.21 Å². The summed E-state index contributed by atoms with van der Waals surface area (Å²) in [6.07, 6.45) is 5.08. The lowest BCUT2D eigenvalue weighted by Crippen LogP contribution is -2.41. The van der Waals surface area contributed by atoms with Crippen LogP contribution in [0.2, 0.25) is 5.02 Å². The van der Waals surface area contributed by atoms with E-state index in [4.69, 9.17) is 22.7 Å². The van der Waals surface area contributed by atoms with E-state index in [0.29, 0.717) is 22.4 Å². The van der Waals surface area contributed by atoms with Gasteiger partial charge in [-0.1, -0.05) is 17.7 Å². The molecule has 2 aromatic carbocycles. The molecule has 1 saturated heterocycles. The Hall–Kier alpha value is -2.09. The van der Waals surface area contributed by atoms with E-state index >= 15 is 0 Å². The predicted molar refractivity (Wildman–Crippen MR) is 120 cm³/mol. The molecule has 8 heteroatoms. The van der Waals surface area contributed by atoms with Gasteiger partial charge < -0.3 is 21.2 Å². The number of hydrogen-bond acceptors (Lipinski definition) is 5. The van der Waals surface area contributed by atoms with Gasteiger partial charge in [-0.05, 0) is 55.3 Å². The molecule has 1 fully saturated rings. The summed E-state index contributed by atoms with van der Waals surface area (Å²) in [5.41, 5.74) is 10.0. The Labute approximate surface area is 173 Å². The molecule has 1 aliphatic rings. The third-order valence-electron chi connectivity index (χ3n) is 4.81. The lowest BCUT2D eigenvalue weighted by Gasteiger charge is -2.34. The fourth-order valence-electron chi connectivity index (χ4n) is 3.50. The van der Waals surface area contributed by atoms with Crippen LogP contribution < -0.4 is 15.8 Å². The summed E-state index contributed by atoms with van der Waals surface area (Å²) < 4.78 is 14.3. The molecule has 0 aliphatic carbocycles. The van der Waals surface area contributed by atoms with Crippen molar-refractivity contribution in [3.63, 3.8) is 0 Å². The first-order valence-electron chi connectivity index (χ1n) is 9.22. The second kappa shape index (κ2) is 9.41. The number of halogens is 1. The van der Waals surface area contributed by atoms with E-state index in [9.17, 15) is 4.21 Å². The highest BCUT2D eigenvalue weighted by Gasteiger charge is 2.20. The first-order chi connectivity index (χ1) is 13.4. The van der Waals surface area contributed by atoms with E-state index in [2.05, 4.69) is 14.9 Å². The van der Waals surface area contributed by atoms with E-state index in [0.717, 1.165) is 49.3 Å². The van der Waals surface area contributed by atoms with E-state index in [1.54, 1.807) is 6.26 Å². The minimum atomic E-state index is -1.16. The van der Waals surface area contributed by atoms with Crippen molar-refractivity contribution in [2.24, 2.45) is 0 Å². The van der Waals surface area contributed by atoms with Crippen LogP contribution in [-0.2, 0) is 17.5 Å². The average molecular weight is 420 g/mol. The number of nitrogen functional groups attached to an aromatic ring is 1. The van der Waals surface area contributed by atoms with Crippen molar-refractivity contribution in [1.82, 2.24) is 4.90 Å². The van der Waals surface area contributed by atoms with Crippen molar-refractivity contribution in [2.45, 2.75) is 25.4 Å². The van der Waals surface area contributed by atoms with Crippen LogP contribution in [0.1, 0.15) is 24.0 Å². The number of nitrogens with one attached hydrogen (secondary N) is 3. The van der Waals surface area contributed by atoms with Gasteiger partial charge in [-0.2, -0.15) is 0 Å². The molecule has 0 radical (unpaired) electrons. The average Bonchev–Trinajstić information content (AvgIpc) is 2.66. The normalized spacial score (nSPS) is 18.4. The topological polar surface area (TPSA) is 94.2 Å². The number of hydrogen-bond donors (Lipinski definition) is 4. The van der Waals surface area contributed by atoms with Crippen LogP contribution in [-0.4, -0.2) is 40.7 Å². The van der Waals surface area contributed by atoms with Crippen LogP contribution in [0, 0.1) is 5.41 Å². The van der Waals surface area contributed by atoms with Crippen molar-refractivity contribution in [3.8, 4) is 0 Å². The summed E-state index contributed by atoms with van der Waals surface area (Å²) in [6.45, 7) is 2.78. The van der Waals surface area contributed by atoms with Gasteiger partial charge in [0.15, 0.2) is 0 Å². The van der Waals surface area contributed by atoms with Gasteiger partial charge in [0.05, 0.1) is 10.7 Å². The van der Waals surface area contributed by atoms with Crippen LogP contribution in [0.25, 0.3) is 0 Å². The molecule has 0 amide bonds. The van der Waals surface area contributed by atoms with Gasteiger partial charge in [-0.15, -0.1) is 0 Å². The maximum atomic E-state index is 11.5. The molecule has 1 heterocycles. The van der Waals surface area contributed by atoms with Crippen molar-refractivity contribution >= 4 is 45.9 Å². The lowest BCUT2D eigenvalue weighted by molar-refractivity contribution is 0.208. The zero-order valence-corrected chi connectivity index (χ0v) is 17.4. The lowest BCUT2D eigenvalue weighted by atomic mass is 10.0. The van der Waals surface area contributed by atoms with Gasteiger partial charge in [0.25, 0.3) is 0 Å². The minimum Gasteiger partial charge on any atom is -0.398 e. The molecule has 0 spiro atoms. The Morgan fingerprint density at radius 2 is 2.18 bits per heavy atom. The fraction of sp³-hybridized carbons (Fsp3) is 0.350. The molecule has 0 saturated carbocycles. The van der Waals surface area contributed by atoms with Crippen LogP contribution in [0.15, 0.2) is 36.4 Å². The zero-order chi connectivity index (χ0) is 20.1. The minimum absolute atomic E-state index is 0.337. The summed E-state index contributed by atoms with van der Waals surface area (Å²) in [5, 5.41) is 11.6. The Balaban J connectivity index is 1.64. The molecule has 150 valence electrons. The Kier molecular flexibility index (Phi) is 6.93. The number of nitrogens with zero attached hydrogens (tertiary/aromatic N) is 1. The van der Waals surface area contributed by atoms with Gasteiger partial charge >= 0.3 is 0 Å². The first-order valence-corrected chi connectivity index (χ1v) is 11.2. The van der Waals surface area contributed by atoms with Crippen molar-refractivity contribution in [3.05, 3.63) is 52.5 Å². The van der Waals surface area contributed by atoms with Crippen LogP contribution >= 0.6 is 11.6 Å². The zero-order valence-electron chi connectivity index (χ0n) is 15.9. The maximum Gasteiger partial charge on any atom is 0.113 e. The van der Waals surface area contributed by atoms with Gasteiger partial charge in [-0.3, -0.25) is 4.90 Å². The summed E-state index contributed by atoms with van der Waals surface area (Å²) in [7, 11) is -1.16. The number of rotatable bonds is 7. The van der Waals surface area contributed by atoms with Crippen LogP contribution in [0.3, 0.4) is 0 Å². The van der Waals surface area contributed by atoms with E-state index in [1.165, 1.54) is 6.21 Å².